The number of nitrogens with zero attached hydrogens (tertiary/aromatic N) is 6. The number of urea groups is 1. The van der Waals surface area contributed by atoms with Gasteiger partial charge in [-0.15, -0.1) is 0 Å². The number of hydrogen-bond acceptors (Lipinski definition) is 10. The van der Waals surface area contributed by atoms with Crippen LogP contribution >= 0.6 is 0 Å². The second kappa shape index (κ2) is 15.7. The third kappa shape index (κ3) is 8.29. The maximum atomic E-state index is 13.4. The lowest BCUT2D eigenvalue weighted by atomic mass is 9.91. The SMILES string of the molecule is CCC(=O)N[C@H]1C[C@@H](n2cnc3c(NCC(c4ccccc4)c4ccccc4)nc(N4CC[C@@H](NC(=O)N(C)C)C4)nc32)[C@H](OC(=O)C(F)(F)F)[C@@H]1O. The number of aliphatic hydroxyl groups excluding tert-OH is 1. The molecule has 1 aliphatic carbocycles. The van der Waals surface area contributed by atoms with Crippen LogP contribution in [0.5, 0.6) is 0 Å². The number of halogens is 3. The number of esters is 1. The summed E-state index contributed by atoms with van der Waals surface area (Å²) in [6, 6.07) is 17.3. The Bertz CT molecular complexity index is 1870. The molecule has 0 bridgehead atoms. The molecule has 0 radical (unpaired) electrons. The van der Waals surface area contributed by atoms with E-state index in [1.165, 1.54) is 15.8 Å². The Morgan fingerprint density at radius 3 is 2.28 bits per heavy atom. The zero-order chi connectivity index (χ0) is 37.9. The van der Waals surface area contributed by atoms with Crippen molar-refractivity contribution in [2.45, 2.75) is 68.6 Å². The monoisotopic (exact) mass is 737 g/mol. The molecule has 0 unspecified atom stereocenters. The molecule has 53 heavy (non-hydrogen) atoms. The molecule has 14 nitrogen and oxygen atoms in total. The number of benzene rings is 2. The minimum absolute atomic E-state index is 0.0687. The Morgan fingerprint density at radius 1 is 1.02 bits per heavy atom. The van der Waals surface area contributed by atoms with Gasteiger partial charge in [-0.3, -0.25) is 4.79 Å². The Hall–Kier alpha value is -5.45. The molecule has 282 valence electrons. The number of aromatic nitrogens is 4. The predicted molar refractivity (Wildman–Crippen MR) is 189 cm³/mol. The Balaban J connectivity index is 1.40. The number of nitrogens with one attached hydrogen (secondary N) is 3. The number of imidazole rings is 1. The fourth-order valence-corrected chi connectivity index (χ4v) is 6.83. The van der Waals surface area contributed by atoms with Crippen LogP contribution in [0.25, 0.3) is 11.2 Å². The Labute approximate surface area is 303 Å². The van der Waals surface area contributed by atoms with Crippen molar-refractivity contribution in [2.24, 2.45) is 0 Å². The lowest BCUT2D eigenvalue weighted by molar-refractivity contribution is -0.209. The first-order chi connectivity index (χ1) is 25.3. The summed E-state index contributed by atoms with van der Waals surface area (Å²) in [5.41, 5.74) is 2.61. The molecule has 1 saturated heterocycles. The van der Waals surface area contributed by atoms with Gasteiger partial charge in [0, 0.05) is 52.1 Å². The number of carbonyl (C=O) groups is 3. The number of carbonyl (C=O) groups excluding carboxylic acids is 3. The van der Waals surface area contributed by atoms with Gasteiger partial charge in [0.25, 0.3) is 0 Å². The summed E-state index contributed by atoms with van der Waals surface area (Å²) in [6.45, 7) is 2.86. The van der Waals surface area contributed by atoms with Gasteiger partial charge < -0.3 is 40.2 Å². The number of anilines is 2. The van der Waals surface area contributed by atoms with Gasteiger partial charge in [0.05, 0.1) is 18.4 Å². The average Bonchev–Trinajstić information content (AvgIpc) is 3.86. The van der Waals surface area contributed by atoms with Crippen LogP contribution in [0.1, 0.15) is 49.3 Å². The van der Waals surface area contributed by atoms with Gasteiger partial charge in [0.1, 0.15) is 6.10 Å². The summed E-state index contributed by atoms with van der Waals surface area (Å²) in [7, 11) is 3.29. The highest BCUT2D eigenvalue weighted by molar-refractivity contribution is 5.85. The van der Waals surface area contributed by atoms with Gasteiger partial charge >= 0.3 is 18.2 Å². The van der Waals surface area contributed by atoms with Gasteiger partial charge in [0.15, 0.2) is 23.1 Å². The van der Waals surface area contributed by atoms with E-state index in [9.17, 15) is 32.7 Å². The van der Waals surface area contributed by atoms with E-state index in [0.29, 0.717) is 37.4 Å². The van der Waals surface area contributed by atoms with Crippen LogP contribution in [0.4, 0.5) is 29.7 Å². The number of amides is 3. The zero-order valence-corrected chi connectivity index (χ0v) is 29.5. The molecule has 2 aromatic carbocycles. The van der Waals surface area contributed by atoms with E-state index in [1.807, 2.05) is 65.6 Å². The molecule has 4 aromatic rings. The summed E-state index contributed by atoms with van der Waals surface area (Å²) in [4.78, 5) is 54.4. The highest BCUT2D eigenvalue weighted by Crippen LogP contribution is 2.38. The second-order valence-electron chi connectivity index (χ2n) is 13.4. The second-order valence-corrected chi connectivity index (χ2v) is 13.4. The summed E-state index contributed by atoms with van der Waals surface area (Å²) < 4.78 is 46.7. The summed E-state index contributed by atoms with van der Waals surface area (Å²) in [5.74, 6) is -2.38. The van der Waals surface area contributed by atoms with Crippen LogP contribution in [-0.2, 0) is 14.3 Å². The fraction of sp³-hybridized carbons (Fsp3) is 0.444. The van der Waals surface area contributed by atoms with Crippen molar-refractivity contribution < 1.29 is 37.4 Å². The van der Waals surface area contributed by atoms with E-state index in [0.717, 1.165) is 11.1 Å². The quantitative estimate of drug-likeness (QED) is 0.167. The van der Waals surface area contributed by atoms with Crippen LogP contribution in [0, 0.1) is 0 Å². The minimum Gasteiger partial charge on any atom is -0.451 e. The molecule has 2 aliphatic rings. The molecule has 1 aliphatic heterocycles. The van der Waals surface area contributed by atoms with Gasteiger partial charge in [0.2, 0.25) is 11.9 Å². The molecular weight excluding hydrogens is 695 g/mol. The Kier molecular flexibility index (Phi) is 11.0. The van der Waals surface area contributed by atoms with Gasteiger partial charge in [-0.1, -0.05) is 67.6 Å². The first-order valence-electron chi connectivity index (χ1n) is 17.4. The molecule has 3 amide bonds. The van der Waals surface area contributed by atoms with Crippen molar-refractivity contribution in [3.8, 4) is 0 Å². The van der Waals surface area contributed by atoms with Crippen molar-refractivity contribution in [1.82, 2.24) is 35.1 Å². The number of rotatable bonds is 11. The summed E-state index contributed by atoms with van der Waals surface area (Å²) in [6.07, 6.45) is -6.72. The van der Waals surface area contributed by atoms with Crippen molar-refractivity contribution in [3.05, 3.63) is 78.1 Å². The van der Waals surface area contributed by atoms with Crippen LogP contribution < -0.4 is 20.9 Å². The minimum atomic E-state index is -5.32. The van der Waals surface area contributed by atoms with Gasteiger partial charge in [-0.25, -0.2) is 14.6 Å². The molecule has 4 N–H and O–H groups in total. The third-order valence-electron chi connectivity index (χ3n) is 9.61. The number of alkyl halides is 3. The van der Waals surface area contributed by atoms with Crippen molar-refractivity contribution in [3.63, 3.8) is 0 Å². The standard InChI is InChI=1S/C36H42F3N9O5/c1-4-27(49)43-25-17-26(30(29(25)50)53-33(51)36(37,38)39)48-20-41-28-31(40-18-24(21-11-7-5-8-12-21)22-13-9-6-10-14-22)44-34(45-32(28)48)47-16-15-23(19-47)42-35(52)46(2)3/h5-14,20,23-26,29-30,50H,4,15-19H2,1-3H3,(H,42,52)(H,43,49)(H,40,44,45)/t23-,25+,26-,29-,30+/m1/s1. The predicted octanol–water partition coefficient (Wildman–Crippen LogP) is 3.59. The van der Waals surface area contributed by atoms with E-state index in [-0.39, 0.29) is 42.4 Å². The van der Waals surface area contributed by atoms with Crippen LogP contribution in [0.3, 0.4) is 0 Å². The van der Waals surface area contributed by atoms with E-state index < -0.39 is 42.3 Å². The fourth-order valence-electron chi connectivity index (χ4n) is 6.83. The number of ether oxygens (including phenoxy) is 1. The van der Waals surface area contributed by atoms with Gasteiger partial charge in [-0.05, 0) is 24.0 Å². The third-order valence-corrected chi connectivity index (χ3v) is 9.61. The first kappa shape index (κ1) is 37.3. The van der Waals surface area contributed by atoms with Crippen molar-refractivity contribution in [2.75, 3.05) is 43.9 Å². The largest absolute Gasteiger partial charge is 0.490 e. The summed E-state index contributed by atoms with van der Waals surface area (Å²) in [5, 5.41) is 20.2. The highest BCUT2D eigenvalue weighted by Gasteiger charge is 2.51. The maximum absolute atomic E-state index is 13.4. The number of fused-ring (bicyclic) bond motifs is 1. The van der Waals surface area contributed by atoms with E-state index >= 15 is 0 Å². The first-order valence-corrected chi connectivity index (χ1v) is 17.4. The zero-order valence-electron chi connectivity index (χ0n) is 29.5. The van der Waals surface area contributed by atoms with Crippen LogP contribution in [-0.4, -0.2) is 112 Å². The lowest BCUT2D eigenvalue weighted by Crippen LogP contribution is -2.45. The van der Waals surface area contributed by atoms with Crippen molar-refractivity contribution in [1.29, 1.82) is 0 Å². The van der Waals surface area contributed by atoms with Gasteiger partial charge in [-0.2, -0.15) is 23.1 Å². The van der Waals surface area contributed by atoms with E-state index in [1.54, 1.807) is 21.0 Å². The molecule has 17 heteroatoms. The molecule has 1 saturated carbocycles. The lowest BCUT2D eigenvalue weighted by Gasteiger charge is -2.25. The van der Waals surface area contributed by atoms with Crippen molar-refractivity contribution >= 4 is 40.8 Å². The smallest absolute Gasteiger partial charge is 0.451 e. The number of hydrogen-bond donors (Lipinski definition) is 4. The molecular formula is C36H42F3N9O5. The maximum Gasteiger partial charge on any atom is 0.490 e. The van der Waals surface area contributed by atoms with Crippen LogP contribution in [0.2, 0.25) is 0 Å². The summed E-state index contributed by atoms with van der Waals surface area (Å²) >= 11 is 0. The molecule has 2 fully saturated rings. The van der Waals surface area contributed by atoms with E-state index in [4.69, 9.17) is 14.7 Å². The molecule has 6 rings (SSSR count). The molecule has 3 heterocycles. The van der Waals surface area contributed by atoms with E-state index in [2.05, 4.69) is 20.9 Å². The molecule has 2 aromatic heterocycles. The number of aliphatic hydroxyl groups is 1. The van der Waals surface area contributed by atoms with Crippen LogP contribution in [0.15, 0.2) is 67.0 Å². The molecule has 5 atom stereocenters. The highest BCUT2D eigenvalue weighted by atomic mass is 19.4. The molecule has 0 spiro atoms. The Morgan fingerprint density at radius 2 is 1.68 bits per heavy atom. The topological polar surface area (TPSA) is 167 Å². The normalized spacial score (nSPS) is 21.5. The average molecular weight is 738 g/mol.